The number of carbonyl (C=O) groups excluding carboxylic acids is 1. The maximum absolute atomic E-state index is 12.8. The van der Waals surface area contributed by atoms with Crippen LogP contribution in [-0.2, 0) is 16.6 Å². The Bertz CT molecular complexity index is 947. The minimum atomic E-state index is -3.46. The molecule has 0 spiro atoms. The van der Waals surface area contributed by atoms with Gasteiger partial charge in [0.15, 0.2) is 5.78 Å². The van der Waals surface area contributed by atoms with E-state index in [-0.39, 0.29) is 5.78 Å². The van der Waals surface area contributed by atoms with E-state index >= 15 is 0 Å². The normalized spacial score (nSPS) is 16.1. The Kier molecular flexibility index (Phi) is 6.17. The summed E-state index contributed by atoms with van der Waals surface area (Å²) in [5.74, 6) is 0.778. The number of hydrogen-bond donors (Lipinski definition) is 1. The van der Waals surface area contributed by atoms with Crippen LogP contribution in [0.25, 0.3) is 0 Å². The fraction of sp³-hybridized carbons (Fsp3) is 0.381. The van der Waals surface area contributed by atoms with Crippen LogP contribution in [0.15, 0.2) is 47.4 Å². The number of aryl methyl sites for hydroxylation is 1. The van der Waals surface area contributed by atoms with Gasteiger partial charge in [-0.2, -0.15) is 4.31 Å². The SMILES string of the molecule is COc1ccc(C(C)=O)cc1C[NH+]1CCN(S(=O)(=O)c2ccc(C)cc2)CC1. The molecule has 1 fully saturated rings. The van der Waals surface area contributed by atoms with E-state index in [4.69, 9.17) is 4.74 Å². The number of nitrogens with zero attached hydrogens (tertiary/aromatic N) is 1. The Morgan fingerprint density at radius 3 is 2.32 bits per heavy atom. The van der Waals surface area contributed by atoms with Crippen LogP contribution in [0.5, 0.6) is 5.75 Å². The number of rotatable bonds is 6. The van der Waals surface area contributed by atoms with Crippen LogP contribution in [0.2, 0.25) is 0 Å². The van der Waals surface area contributed by atoms with Crippen LogP contribution in [0.4, 0.5) is 0 Å². The molecular formula is C21H27N2O4S+. The lowest BCUT2D eigenvalue weighted by Crippen LogP contribution is -3.13. The number of nitrogens with one attached hydrogen (secondary N) is 1. The van der Waals surface area contributed by atoms with Gasteiger partial charge in [0, 0.05) is 11.1 Å². The second-order valence-corrected chi connectivity index (χ2v) is 9.16. The summed E-state index contributed by atoms with van der Waals surface area (Å²) in [6.07, 6.45) is 0. The summed E-state index contributed by atoms with van der Waals surface area (Å²) in [6, 6.07) is 12.5. The highest BCUT2D eigenvalue weighted by Gasteiger charge is 2.30. The maximum Gasteiger partial charge on any atom is 0.243 e. The van der Waals surface area contributed by atoms with Gasteiger partial charge in [0.05, 0.1) is 38.2 Å². The lowest BCUT2D eigenvalue weighted by Gasteiger charge is -2.31. The largest absolute Gasteiger partial charge is 0.496 e. The molecular weight excluding hydrogens is 376 g/mol. The highest BCUT2D eigenvalue weighted by molar-refractivity contribution is 7.89. The van der Waals surface area contributed by atoms with Crippen molar-refractivity contribution in [2.45, 2.75) is 25.3 Å². The van der Waals surface area contributed by atoms with E-state index in [0.717, 1.165) is 16.9 Å². The first kappa shape index (κ1) is 20.5. The zero-order valence-electron chi connectivity index (χ0n) is 16.6. The third-order valence-electron chi connectivity index (χ3n) is 5.22. The lowest BCUT2D eigenvalue weighted by atomic mass is 10.1. The molecule has 1 aliphatic rings. The summed E-state index contributed by atoms with van der Waals surface area (Å²) in [5, 5.41) is 0. The van der Waals surface area contributed by atoms with Crippen molar-refractivity contribution in [2.24, 2.45) is 0 Å². The molecule has 3 rings (SSSR count). The first-order chi connectivity index (χ1) is 13.3. The molecule has 7 heteroatoms. The van der Waals surface area contributed by atoms with Crippen LogP contribution >= 0.6 is 0 Å². The molecule has 0 saturated carbocycles. The number of Topliss-reactive ketones (excluding diaryl/α,β-unsaturated/α-hetero) is 1. The van der Waals surface area contributed by atoms with Crippen molar-refractivity contribution in [1.82, 2.24) is 4.31 Å². The highest BCUT2D eigenvalue weighted by atomic mass is 32.2. The Balaban J connectivity index is 1.68. The van der Waals surface area contributed by atoms with Gasteiger partial charge in [0.2, 0.25) is 10.0 Å². The molecule has 0 radical (unpaired) electrons. The van der Waals surface area contributed by atoms with Crippen LogP contribution in [0.1, 0.15) is 28.4 Å². The number of ketones is 1. The fourth-order valence-corrected chi connectivity index (χ4v) is 4.93. The number of benzene rings is 2. The third-order valence-corrected chi connectivity index (χ3v) is 7.13. The molecule has 2 aromatic rings. The van der Waals surface area contributed by atoms with Gasteiger partial charge in [-0.05, 0) is 44.2 Å². The molecule has 150 valence electrons. The van der Waals surface area contributed by atoms with E-state index in [1.54, 1.807) is 36.5 Å². The molecule has 1 N–H and O–H groups in total. The summed E-state index contributed by atoms with van der Waals surface area (Å²) in [7, 11) is -1.84. The van der Waals surface area contributed by atoms with Gasteiger partial charge >= 0.3 is 0 Å². The van der Waals surface area contributed by atoms with Gasteiger partial charge < -0.3 is 9.64 Å². The van der Waals surface area contributed by atoms with E-state index in [1.165, 1.54) is 4.90 Å². The van der Waals surface area contributed by atoms with Crippen LogP contribution < -0.4 is 9.64 Å². The number of methoxy groups -OCH3 is 1. The summed E-state index contributed by atoms with van der Waals surface area (Å²) in [4.78, 5) is 13.3. The molecule has 1 saturated heterocycles. The lowest BCUT2D eigenvalue weighted by molar-refractivity contribution is -0.917. The zero-order chi connectivity index (χ0) is 20.3. The molecule has 28 heavy (non-hydrogen) atoms. The number of quaternary nitrogens is 1. The van der Waals surface area contributed by atoms with E-state index in [9.17, 15) is 13.2 Å². The minimum Gasteiger partial charge on any atom is -0.496 e. The molecule has 2 aromatic carbocycles. The second kappa shape index (κ2) is 8.43. The Labute approximate surface area is 166 Å². The van der Waals surface area contributed by atoms with Gasteiger partial charge in [-0.1, -0.05) is 17.7 Å². The smallest absolute Gasteiger partial charge is 0.243 e. The standard InChI is InChI=1S/C21H26N2O4S/c1-16-4-7-20(8-5-16)28(25,26)23-12-10-22(11-13-23)15-19-14-18(17(2)24)6-9-21(19)27-3/h4-9,14H,10-13,15H2,1-3H3/p+1. The molecule has 0 atom stereocenters. The maximum atomic E-state index is 12.8. The van der Waals surface area contributed by atoms with Crippen molar-refractivity contribution >= 4 is 15.8 Å². The van der Waals surface area contributed by atoms with Crippen LogP contribution in [-0.4, -0.2) is 51.8 Å². The summed E-state index contributed by atoms with van der Waals surface area (Å²) in [6.45, 7) is 6.54. The molecule has 1 heterocycles. The predicted molar refractivity (Wildman–Crippen MR) is 107 cm³/mol. The average Bonchev–Trinajstić information content (AvgIpc) is 2.68. The van der Waals surface area contributed by atoms with Gasteiger partial charge in [0.1, 0.15) is 12.3 Å². The van der Waals surface area contributed by atoms with Crippen molar-refractivity contribution in [1.29, 1.82) is 0 Å². The molecule has 0 aliphatic carbocycles. The molecule has 0 unspecified atom stereocenters. The Morgan fingerprint density at radius 1 is 1.11 bits per heavy atom. The summed E-state index contributed by atoms with van der Waals surface area (Å²) in [5.41, 5.74) is 2.67. The average molecular weight is 404 g/mol. The second-order valence-electron chi connectivity index (χ2n) is 7.23. The first-order valence-electron chi connectivity index (χ1n) is 9.39. The van der Waals surface area contributed by atoms with Crippen molar-refractivity contribution in [3.8, 4) is 5.75 Å². The first-order valence-corrected chi connectivity index (χ1v) is 10.8. The van der Waals surface area contributed by atoms with Crippen LogP contribution in [0.3, 0.4) is 0 Å². The van der Waals surface area contributed by atoms with E-state index < -0.39 is 10.0 Å². The van der Waals surface area contributed by atoms with E-state index in [1.807, 2.05) is 31.2 Å². The summed E-state index contributed by atoms with van der Waals surface area (Å²) < 4.78 is 32.7. The van der Waals surface area contributed by atoms with Crippen molar-refractivity contribution in [2.75, 3.05) is 33.3 Å². The number of hydrogen-bond acceptors (Lipinski definition) is 4. The Morgan fingerprint density at radius 2 is 1.75 bits per heavy atom. The van der Waals surface area contributed by atoms with Crippen molar-refractivity contribution in [3.63, 3.8) is 0 Å². The quantitative estimate of drug-likeness (QED) is 0.739. The molecule has 1 aliphatic heterocycles. The fourth-order valence-electron chi connectivity index (χ4n) is 3.48. The molecule has 6 nitrogen and oxygen atoms in total. The van der Waals surface area contributed by atoms with Crippen molar-refractivity contribution in [3.05, 3.63) is 59.2 Å². The predicted octanol–water partition coefficient (Wildman–Crippen LogP) is 1.30. The highest BCUT2D eigenvalue weighted by Crippen LogP contribution is 2.20. The number of ether oxygens (including phenoxy) is 1. The molecule has 0 amide bonds. The van der Waals surface area contributed by atoms with Gasteiger partial charge in [0.25, 0.3) is 0 Å². The van der Waals surface area contributed by atoms with E-state index in [2.05, 4.69) is 0 Å². The van der Waals surface area contributed by atoms with Crippen LogP contribution in [0, 0.1) is 6.92 Å². The monoisotopic (exact) mass is 403 g/mol. The molecule has 0 aromatic heterocycles. The molecule has 0 bridgehead atoms. The van der Waals surface area contributed by atoms with E-state index in [0.29, 0.717) is 43.2 Å². The van der Waals surface area contributed by atoms with Gasteiger partial charge in [-0.3, -0.25) is 4.79 Å². The topological polar surface area (TPSA) is 68.1 Å². The van der Waals surface area contributed by atoms with Gasteiger partial charge in [-0.15, -0.1) is 0 Å². The number of piperazine rings is 1. The zero-order valence-corrected chi connectivity index (χ0v) is 17.4. The number of sulfonamides is 1. The summed E-state index contributed by atoms with van der Waals surface area (Å²) >= 11 is 0. The number of carbonyl (C=O) groups is 1. The van der Waals surface area contributed by atoms with Gasteiger partial charge in [-0.25, -0.2) is 8.42 Å². The Hall–Kier alpha value is -2.22. The van der Waals surface area contributed by atoms with Crippen molar-refractivity contribution < 1.29 is 22.8 Å². The third kappa shape index (κ3) is 4.43. The minimum absolute atomic E-state index is 0.0212.